The minimum atomic E-state index is -0.222. The number of rotatable bonds is 4. The lowest BCUT2D eigenvalue weighted by Crippen LogP contribution is -2.22. The Hall–Kier alpha value is -3.06. The third-order valence-electron chi connectivity index (χ3n) is 5.13. The molecule has 0 unspecified atom stereocenters. The first-order valence-electron chi connectivity index (χ1n) is 9.30. The van der Waals surface area contributed by atoms with Crippen LogP contribution in [0.1, 0.15) is 39.5 Å². The summed E-state index contributed by atoms with van der Waals surface area (Å²) in [6, 6.07) is 7.42. The fraction of sp³-hybridized carbons (Fsp3) is 0.238. The molecule has 3 N–H and O–H groups in total. The average Bonchev–Trinajstić information content (AvgIpc) is 3.47. The van der Waals surface area contributed by atoms with E-state index in [0.717, 1.165) is 52.9 Å². The fourth-order valence-corrected chi connectivity index (χ4v) is 4.87. The number of amides is 1. The summed E-state index contributed by atoms with van der Waals surface area (Å²) >= 11 is 1.33. The first kappa shape index (κ1) is 17.1. The molecule has 5 rings (SSSR count). The van der Waals surface area contributed by atoms with Gasteiger partial charge in [0, 0.05) is 16.6 Å². The first-order valence-corrected chi connectivity index (χ1v) is 10.1. The molecule has 4 heterocycles. The van der Waals surface area contributed by atoms with Gasteiger partial charge in [-0.25, -0.2) is 4.98 Å². The van der Waals surface area contributed by atoms with Gasteiger partial charge in [-0.05, 0) is 55.5 Å². The number of nitrogens with one attached hydrogen (secondary N) is 1. The molecule has 0 saturated carbocycles. The van der Waals surface area contributed by atoms with Gasteiger partial charge in [-0.15, -0.1) is 11.3 Å². The molecule has 0 aromatic carbocycles. The smallest absolute Gasteiger partial charge is 0.263 e. The number of fused-ring (bicyclic) bond motifs is 2. The zero-order valence-corrected chi connectivity index (χ0v) is 16.0. The standard InChI is InChI=1S/C21H19N3O3S/c22-18-17-16(15-8-4-10-27-15)13-6-1-2-7-14(13)24-21(17)28-19(18)20(25)23-11-12-5-3-9-26-12/h3-5,8-10H,1-2,6-7,11,22H2,(H,23,25). The zero-order chi connectivity index (χ0) is 19.1. The number of hydrogen-bond donors (Lipinski definition) is 2. The van der Waals surface area contributed by atoms with Crippen LogP contribution in [0, 0.1) is 0 Å². The fourth-order valence-electron chi connectivity index (χ4n) is 3.83. The first-order chi connectivity index (χ1) is 13.7. The van der Waals surface area contributed by atoms with Crippen molar-refractivity contribution in [2.24, 2.45) is 0 Å². The van der Waals surface area contributed by atoms with Crippen molar-refractivity contribution in [2.75, 3.05) is 5.73 Å². The Labute approximate surface area is 165 Å². The molecule has 0 saturated heterocycles. The Morgan fingerprint density at radius 1 is 1.18 bits per heavy atom. The number of pyridine rings is 1. The highest BCUT2D eigenvalue weighted by Crippen LogP contribution is 2.43. The molecule has 6 nitrogen and oxygen atoms in total. The van der Waals surface area contributed by atoms with Crippen LogP contribution < -0.4 is 11.1 Å². The Kier molecular flexibility index (Phi) is 4.16. The molecule has 1 amide bonds. The van der Waals surface area contributed by atoms with Gasteiger partial charge < -0.3 is 19.9 Å². The average molecular weight is 393 g/mol. The molecule has 7 heteroatoms. The maximum Gasteiger partial charge on any atom is 0.263 e. The van der Waals surface area contributed by atoms with Crippen molar-refractivity contribution in [3.8, 4) is 11.3 Å². The van der Waals surface area contributed by atoms with Crippen molar-refractivity contribution in [1.29, 1.82) is 0 Å². The van der Waals surface area contributed by atoms with E-state index >= 15 is 0 Å². The SMILES string of the molecule is Nc1c(C(=O)NCc2ccco2)sc2nc3c(c(-c4ccco4)c12)CCCC3. The second kappa shape index (κ2) is 6.83. The van der Waals surface area contributed by atoms with E-state index in [1.807, 2.05) is 18.2 Å². The van der Waals surface area contributed by atoms with Gasteiger partial charge >= 0.3 is 0 Å². The predicted octanol–water partition coefficient (Wildman–Crippen LogP) is 4.54. The van der Waals surface area contributed by atoms with E-state index in [2.05, 4.69) is 5.32 Å². The van der Waals surface area contributed by atoms with Crippen LogP contribution in [0.3, 0.4) is 0 Å². The van der Waals surface area contributed by atoms with Crippen molar-refractivity contribution >= 4 is 33.1 Å². The maximum atomic E-state index is 12.8. The van der Waals surface area contributed by atoms with E-state index in [-0.39, 0.29) is 5.91 Å². The molecular formula is C21H19N3O3S. The topological polar surface area (TPSA) is 94.3 Å². The number of carbonyl (C=O) groups is 1. The second-order valence-electron chi connectivity index (χ2n) is 6.88. The van der Waals surface area contributed by atoms with Crippen molar-refractivity contribution in [1.82, 2.24) is 10.3 Å². The number of aromatic nitrogens is 1. The summed E-state index contributed by atoms with van der Waals surface area (Å²) in [5, 5.41) is 3.70. The van der Waals surface area contributed by atoms with Gasteiger partial charge in [-0.2, -0.15) is 0 Å². The van der Waals surface area contributed by atoms with E-state index in [1.54, 1.807) is 18.6 Å². The molecule has 28 heavy (non-hydrogen) atoms. The normalized spacial score (nSPS) is 13.6. The molecule has 0 spiro atoms. The second-order valence-corrected chi connectivity index (χ2v) is 7.88. The number of hydrogen-bond acceptors (Lipinski definition) is 6. The van der Waals surface area contributed by atoms with E-state index in [9.17, 15) is 4.79 Å². The number of carbonyl (C=O) groups excluding carboxylic acids is 1. The summed E-state index contributed by atoms with van der Waals surface area (Å²) in [5.41, 5.74) is 10.2. The van der Waals surface area contributed by atoms with Gasteiger partial charge in [-0.3, -0.25) is 4.79 Å². The van der Waals surface area contributed by atoms with Crippen molar-refractivity contribution in [3.05, 3.63) is 58.7 Å². The predicted molar refractivity (Wildman–Crippen MR) is 108 cm³/mol. The van der Waals surface area contributed by atoms with Gasteiger partial charge in [0.15, 0.2) is 0 Å². The van der Waals surface area contributed by atoms with Crippen molar-refractivity contribution < 1.29 is 13.6 Å². The third kappa shape index (κ3) is 2.79. The van der Waals surface area contributed by atoms with E-state index in [1.165, 1.54) is 16.9 Å². The highest BCUT2D eigenvalue weighted by Gasteiger charge is 2.26. The van der Waals surface area contributed by atoms with Gasteiger partial charge in [0.25, 0.3) is 5.91 Å². The summed E-state index contributed by atoms with van der Waals surface area (Å²) in [5.74, 6) is 1.25. The van der Waals surface area contributed by atoms with Crippen LogP contribution >= 0.6 is 11.3 Å². The van der Waals surface area contributed by atoms with Crippen LogP contribution in [-0.4, -0.2) is 10.9 Å². The maximum absolute atomic E-state index is 12.8. The van der Waals surface area contributed by atoms with Gasteiger partial charge in [0.2, 0.25) is 0 Å². The highest BCUT2D eigenvalue weighted by molar-refractivity contribution is 7.21. The number of aryl methyl sites for hydroxylation is 1. The lowest BCUT2D eigenvalue weighted by molar-refractivity contribution is 0.0953. The molecule has 0 bridgehead atoms. The van der Waals surface area contributed by atoms with Crippen LogP contribution in [0.5, 0.6) is 0 Å². The van der Waals surface area contributed by atoms with Crippen molar-refractivity contribution in [3.63, 3.8) is 0 Å². The summed E-state index contributed by atoms with van der Waals surface area (Å²) < 4.78 is 11.0. The number of furan rings is 2. The van der Waals surface area contributed by atoms with Crippen LogP contribution in [0.4, 0.5) is 5.69 Å². The quantitative estimate of drug-likeness (QED) is 0.531. The molecule has 4 aromatic rings. The third-order valence-corrected chi connectivity index (χ3v) is 6.23. The largest absolute Gasteiger partial charge is 0.467 e. The van der Waals surface area contributed by atoms with Gasteiger partial charge in [-0.1, -0.05) is 0 Å². The molecule has 142 valence electrons. The van der Waals surface area contributed by atoms with Crippen molar-refractivity contribution in [2.45, 2.75) is 32.2 Å². The molecule has 0 atom stereocenters. The lowest BCUT2D eigenvalue weighted by atomic mass is 9.89. The van der Waals surface area contributed by atoms with E-state index in [0.29, 0.717) is 22.9 Å². The molecule has 1 aliphatic rings. The van der Waals surface area contributed by atoms with Crippen LogP contribution in [0.25, 0.3) is 21.5 Å². The zero-order valence-electron chi connectivity index (χ0n) is 15.2. The summed E-state index contributed by atoms with van der Waals surface area (Å²) in [4.78, 5) is 18.9. The van der Waals surface area contributed by atoms with E-state index < -0.39 is 0 Å². The molecule has 0 fully saturated rings. The summed E-state index contributed by atoms with van der Waals surface area (Å²) in [7, 11) is 0. The highest BCUT2D eigenvalue weighted by atomic mass is 32.1. The number of nitrogens with two attached hydrogens (primary N) is 1. The van der Waals surface area contributed by atoms with Crippen LogP contribution in [0.2, 0.25) is 0 Å². The number of nitrogen functional groups attached to an aromatic ring is 1. The Balaban J connectivity index is 1.62. The minimum Gasteiger partial charge on any atom is -0.467 e. The number of anilines is 1. The Morgan fingerprint density at radius 2 is 2.00 bits per heavy atom. The molecule has 0 radical (unpaired) electrons. The molecule has 0 aliphatic heterocycles. The molecule has 1 aliphatic carbocycles. The van der Waals surface area contributed by atoms with E-state index in [4.69, 9.17) is 19.6 Å². The Morgan fingerprint density at radius 3 is 2.79 bits per heavy atom. The monoisotopic (exact) mass is 393 g/mol. The summed E-state index contributed by atoms with van der Waals surface area (Å²) in [6.07, 6.45) is 7.38. The van der Waals surface area contributed by atoms with Crippen LogP contribution in [0.15, 0.2) is 45.6 Å². The van der Waals surface area contributed by atoms with Crippen LogP contribution in [-0.2, 0) is 19.4 Å². The lowest BCUT2D eigenvalue weighted by Gasteiger charge is -2.18. The van der Waals surface area contributed by atoms with Gasteiger partial charge in [0.1, 0.15) is 21.2 Å². The summed E-state index contributed by atoms with van der Waals surface area (Å²) in [6.45, 7) is 0.314. The number of nitrogens with zero attached hydrogens (tertiary/aromatic N) is 1. The molecular weight excluding hydrogens is 374 g/mol. The minimum absolute atomic E-state index is 0.222. The number of thiophene rings is 1. The molecule has 4 aromatic heterocycles. The Bertz CT molecular complexity index is 1140. The van der Waals surface area contributed by atoms with Gasteiger partial charge in [0.05, 0.1) is 24.8 Å².